The third-order valence-corrected chi connectivity index (χ3v) is 4.62. The Balaban J connectivity index is 1.57. The van der Waals surface area contributed by atoms with Gasteiger partial charge in [-0.1, -0.05) is 12.1 Å². The third-order valence-electron chi connectivity index (χ3n) is 4.62. The lowest BCUT2D eigenvalue weighted by Crippen LogP contribution is -2.30. The Morgan fingerprint density at radius 2 is 1.77 bits per heavy atom. The molecule has 0 fully saturated rings. The second-order valence-electron chi connectivity index (χ2n) is 7.19. The summed E-state index contributed by atoms with van der Waals surface area (Å²) in [7, 11) is 3.47. The number of nitrogens with one attached hydrogen (secondary N) is 1. The molecule has 7 heteroatoms. The van der Waals surface area contributed by atoms with Crippen molar-refractivity contribution in [2.24, 2.45) is 0 Å². The minimum absolute atomic E-state index is 0.0753. The van der Waals surface area contributed by atoms with E-state index in [4.69, 9.17) is 9.15 Å². The highest BCUT2D eigenvalue weighted by Gasteiger charge is 2.15. The van der Waals surface area contributed by atoms with E-state index in [1.807, 2.05) is 12.1 Å². The Kier molecular flexibility index (Phi) is 6.51. The molecule has 0 aliphatic rings. The number of ether oxygens (including phenoxy) is 1. The number of rotatable bonds is 7. The number of amides is 2. The molecule has 0 saturated heterocycles. The largest absolute Gasteiger partial charge is 0.481 e. The van der Waals surface area contributed by atoms with Crippen molar-refractivity contribution < 1.29 is 18.7 Å². The fourth-order valence-corrected chi connectivity index (χ4v) is 2.85. The summed E-state index contributed by atoms with van der Waals surface area (Å²) in [5, 5.41) is 3.58. The summed E-state index contributed by atoms with van der Waals surface area (Å²) in [5.74, 6) is 0.201. The van der Waals surface area contributed by atoms with Gasteiger partial charge >= 0.3 is 5.63 Å². The maximum atomic E-state index is 12.4. The lowest BCUT2D eigenvalue weighted by atomic mass is 10.1. The zero-order valence-electron chi connectivity index (χ0n) is 17.2. The van der Waals surface area contributed by atoms with Crippen molar-refractivity contribution in [2.45, 2.75) is 25.9 Å². The number of hydrogen-bond acceptors (Lipinski definition) is 5. The van der Waals surface area contributed by atoms with Crippen LogP contribution in [0.15, 0.2) is 63.8 Å². The molecule has 30 heavy (non-hydrogen) atoms. The van der Waals surface area contributed by atoms with Gasteiger partial charge in [0.1, 0.15) is 11.3 Å². The average Bonchev–Trinajstić information content (AvgIpc) is 2.72. The molecule has 1 aromatic heterocycles. The van der Waals surface area contributed by atoms with Crippen molar-refractivity contribution in [3.05, 3.63) is 70.6 Å². The number of fused-ring (bicyclic) bond motifs is 1. The predicted octanol–water partition coefficient (Wildman–Crippen LogP) is 3.22. The highest BCUT2D eigenvalue weighted by Crippen LogP contribution is 2.21. The number of benzene rings is 2. The molecule has 3 aromatic rings. The molecule has 0 radical (unpaired) electrons. The fraction of sp³-hybridized carbons (Fsp3) is 0.261. The number of hydrogen-bond donors (Lipinski definition) is 1. The van der Waals surface area contributed by atoms with Gasteiger partial charge in [0.2, 0.25) is 5.91 Å². The maximum Gasteiger partial charge on any atom is 0.336 e. The van der Waals surface area contributed by atoms with Gasteiger partial charge in [-0.05, 0) is 49.2 Å². The number of anilines is 1. The summed E-state index contributed by atoms with van der Waals surface area (Å²) in [6.07, 6.45) is 0.327. The van der Waals surface area contributed by atoms with Gasteiger partial charge in [0, 0.05) is 43.7 Å². The SMILES string of the molecule is CC(Oc1ccc2ccc(=O)oc2c1)C(=O)Nc1ccc(CCC(=O)N(C)C)cc1. The second-order valence-corrected chi connectivity index (χ2v) is 7.19. The van der Waals surface area contributed by atoms with Crippen molar-refractivity contribution in [3.63, 3.8) is 0 Å². The molecule has 1 atom stereocenters. The first-order chi connectivity index (χ1) is 14.3. The Hall–Kier alpha value is -3.61. The average molecular weight is 408 g/mol. The van der Waals surface area contributed by atoms with Gasteiger partial charge in [-0.3, -0.25) is 9.59 Å². The summed E-state index contributed by atoms with van der Waals surface area (Å²) in [6, 6.07) is 15.4. The molecule has 1 N–H and O–H groups in total. The molecule has 7 nitrogen and oxygen atoms in total. The number of carbonyl (C=O) groups excluding carboxylic acids is 2. The number of aryl methyl sites for hydroxylation is 1. The van der Waals surface area contributed by atoms with E-state index in [0.29, 0.717) is 29.9 Å². The molecule has 2 aromatic carbocycles. The number of nitrogens with zero attached hydrogens (tertiary/aromatic N) is 1. The van der Waals surface area contributed by atoms with Gasteiger partial charge in [0.25, 0.3) is 5.91 Å². The zero-order chi connectivity index (χ0) is 21.7. The highest BCUT2D eigenvalue weighted by atomic mass is 16.5. The molecule has 0 aliphatic heterocycles. The minimum atomic E-state index is -0.754. The third kappa shape index (κ3) is 5.47. The van der Waals surface area contributed by atoms with Crippen molar-refractivity contribution in [1.82, 2.24) is 4.90 Å². The molecule has 0 bridgehead atoms. The summed E-state index contributed by atoms with van der Waals surface area (Å²) < 4.78 is 10.8. The molecule has 2 amide bonds. The summed E-state index contributed by atoms with van der Waals surface area (Å²) in [5.41, 5.74) is 1.61. The van der Waals surface area contributed by atoms with Gasteiger partial charge < -0.3 is 19.4 Å². The first-order valence-electron chi connectivity index (χ1n) is 9.62. The van der Waals surface area contributed by atoms with E-state index < -0.39 is 11.7 Å². The summed E-state index contributed by atoms with van der Waals surface area (Å²) in [6.45, 7) is 1.64. The molecule has 0 saturated carbocycles. The Morgan fingerprint density at radius 1 is 1.07 bits per heavy atom. The molecule has 0 aliphatic carbocycles. The minimum Gasteiger partial charge on any atom is -0.481 e. The van der Waals surface area contributed by atoms with Crippen LogP contribution in [0.3, 0.4) is 0 Å². The van der Waals surface area contributed by atoms with Crippen molar-refractivity contribution in [3.8, 4) is 5.75 Å². The van der Waals surface area contributed by atoms with Crippen LogP contribution in [0, 0.1) is 0 Å². The van der Waals surface area contributed by atoms with Gasteiger partial charge in [0.15, 0.2) is 6.10 Å². The molecular weight excluding hydrogens is 384 g/mol. The van der Waals surface area contributed by atoms with E-state index in [2.05, 4.69) is 5.32 Å². The zero-order valence-corrected chi connectivity index (χ0v) is 17.2. The van der Waals surface area contributed by atoms with Crippen molar-refractivity contribution in [2.75, 3.05) is 19.4 Å². The summed E-state index contributed by atoms with van der Waals surface area (Å²) in [4.78, 5) is 37.1. The van der Waals surface area contributed by atoms with Crippen LogP contribution in [0.1, 0.15) is 18.9 Å². The van der Waals surface area contributed by atoms with E-state index in [-0.39, 0.29) is 11.8 Å². The van der Waals surface area contributed by atoms with Gasteiger partial charge in [-0.15, -0.1) is 0 Å². The van der Waals surface area contributed by atoms with E-state index in [1.165, 1.54) is 6.07 Å². The Bertz CT molecular complexity index is 1100. The van der Waals surface area contributed by atoms with Crippen LogP contribution in [-0.2, 0) is 16.0 Å². The molecule has 3 rings (SSSR count). The van der Waals surface area contributed by atoms with Crippen LogP contribution in [0.2, 0.25) is 0 Å². The summed E-state index contributed by atoms with van der Waals surface area (Å²) >= 11 is 0. The van der Waals surface area contributed by atoms with Crippen LogP contribution in [0.5, 0.6) is 5.75 Å². The first kappa shape index (κ1) is 21.1. The monoisotopic (exact) mass is 408 g/mol. The standard InChI is InChI=1S/C23H24N2O5/c1-15(29-19-11-7-17-8-13-22(27)30-20(17)14-19)23(28)24-18-9-4-16(5-10-18)6-12-21(26)25(2)3/h4-5,7-11,13-15H,6,12H2,1-3H3,(H,24,28). The topological polar surface area (TPSA) is 88.8 Å². The van der Waals surface area contributed by atoms with Crippen molar-refractivity contribution in [1.29, 1.82) is 0 Å². The highest BCUT2D eigenvalue weighted by molar-refractivity contribution is 5.94. The van der Waals surface area contributed by atoms with Crippen LogP contribution >= 0.6 is 0 Å². The van der Waals surface area contributed by atoms with E-state index in [9.17, 15) is 14.4 Å². The maximum absolute atomic E-state index is 12.4. The normalized spacial score (nSPS) is 11.7. The lowest BCUT2D eigenvalue weighted by Gasteiger charge is -2.15. The molecule has 156 valence electrons. The molecular formula is C23H24N2O5. The van der Waals surface area contributed by atoms with Crippen LogP contribution in [0.4, 0.5) is 5.69 Å². The van der Waals surface area contributed by atoms with E-state index in [0.717, 1.165) is 10.9 Å². The van der Waals surface area contributed by atoms with Gasteiger partial charge in [-0.25, -0.2) is 4.79 Å². The quantitative estimate of drug-likeness (QED) is 0.607. The predicted molar refractivity (Wildman–Crippen MR) is 115 cm³/mol. The Labute approximate surface area is 174 Å². The van der Waals surface area contributed by atoms with Gasteiger partial charge in [-0.2, -0.15) is 0 Å². The lowest BCUT2D eigenvalue weighted by molar-refractivity contribution is -0.128. The first-order valence-corrected chi connectivity index (χ1v) is 9.62. The fourth-order valence-electron chi connectivity index (χ4n) is 2.85. The smallest absolute Gasteiger partial charge is 0.336 e. The van der Waals surface area contributed by atoms with Gasteiger partial charge in [0.05, 0.1) is 0 Å². The van der Waals surface area contributed by atoms with Crippen LogP contribution in [-0.4, -0.2) is 36.9 Å². The molecule has 0 spiro atoms. The van der Waals surface area contributed by atoms with E-state index in [1.54, 1.807) is 62.3 Å². The van der Waals surface area contributed by atoms with E-state index >= 15 is 0 Å². The second kappa shape index (κ2) is 9.26. The number of carbonyl (C=O) groups is 2. The molecule has 1 heterocycles. The van der Waals surface area contributed by atoms with Crippen molar-refractivity contribution >= 4 is 28.5 Å². The van der Waals surface area contributed by atoms with Crippen LogP contribution in [0.25, 0.3) is 11.0 Å². The molecule has 1 unspecified atom stereocenters. The Morgan fingerprint density at radius 3 is 2.47 bits per heavy atom. The van der Waals surface area contributed by atoms with Crippen LogP contribution < -0.4 is 15.7 Å².